The van der Waals surface area contributed by atoms with Gasteiger partial charge in [0.05, 0.1) is 36.0 Å². The second kappa shape index (κ2) is 10.1. The summed E-state index contributed by atoms with van der Waals surface area (Å²) in [5.41, 5.74) is -0.825. The van der Waals surface area contributed by atoms with Crippen molar-refractivity contribution in [3.63, 3.8) is 0 Å². The van der Waals surface area contributed by atoms with Crippen LogP contribution < -0.4 is 15.5 Å². The molecule has 0 unspecified atom stereocenters. The van der Waals surface area contributed by atoms with Gasteiger partial charge in [-0.2, -0.15) is 13.2 Å². The maximum atomic E-state index is 13.5. The van der Waals surface area contributed by atoms with Crippen LogP contribution in [0.5, 0.6) is 0 Å². The summed E-state index contributed by atoms with van der Waals surface area (Å²) in [5.74, 6) is -0.517. The van der Waals surface area contributed by atoms with Gasteiger partial charge in [0, 0.05) is 24.8 Å². The third-order valence-corrected chi connectivity index (χ3v) is 5.25. The summed E-state index contributed by atoms with van der Waals surface area (Å²) in [4.78, 5) is 25.8. The molecule has 0 spiro atoms. The molecule has 8 nitrogen and oxygen atoms in total. The number of halogens is 3. The topological polar surface area (TPSA) is 96.7 Å². The molecule has 0 aliphatic carbocycles. The second-order valence-corrected chi connectivity index (χ2v) is 7.72. The third kappa shape index (κ3) is 6.62. The first-order valence-electron chi connectivity index (χ1n) is 9.37. The van der Waals surface area contributed by atoms with Gasteiger partial charge in [-0.15, -0.1) is 11.8 Å². The standard InChI is InChI=1S/C19H21F3N4O4S/c1-12-8-16(25-30-12)24-18(28)11-31-10-17(27)23-15-3-2-13(9-14(15)19(20,21)22)26-4-6-29-7-5-26/h2-3,8-9H,4-7,10-11H2,1H3,(H,23,27)(H,24,25,28). The SMILES string of the molecule is Cc1cc(NC(=O)CSCC(=O)Nc2ccc(N3CCOCC3)cc2C(F)(F)F)no1. The van der Waals surface area contributed by atoms with Gasteiger partial charge >= 0.3 is 6.18 Å². The largest absolute Gasteiger partial charge is 0.418 e. The van der Waals surface area contributed by atoms with Gasteiger partial charge in [-0.1, -0.05) is 5.16 Å². The van der Waals surface area contributed by atoms with Crippen molar-refractivity contribution in [1.29, 1.82) is 0 Å². The van der Waals surface area contributed by atoms with Crippen LogP contribution in [0.1, 0.15) is 11.3 Å². The number of rotatable bonds is 7. The number of morpholine rings is 1. The third-order valence-electron chi connectivity index (χ3n) is 4.32. The number of aryl methyl sites for hydroxylation is 1. The molecule has 1 aromatic carbocycles. The van der Waals surface area contributed by atoms with E-state index in [1.807, 2.05) is 0 Å². The van der Waals surface area contributed by atoms with E-state index in [0.717, 1.165) is 17.8 Å². The summed E-state index contributed by atoms with van der Waals surface area (Å²) in [6.45, 7) is 3.55. The number of nitrogens with one attached hydrogen (secondary N) is 2. The highest BCUT2D eigenvalue weighted by Gasteiger charge is 2.34. The van der Waals surface area contributed by atoms with Crippen molar-refractivity contribution < 1.29 is 32.0 Å². The van der Waals surface area contributed by atoms with Gasteiger partial charge < -0.3 is 24.8 Å². The van der Waals surface area contributed by atoms with Crippen molar-refractivity contribution in [3.05, 3.63) is 35.6 Å². The van der Waals surface area contributed by atoms with Gasteiger partial charge in [-0.25, -0.2) is 0 Å². The molecule has 0 saturated carbocycles. The lowest BCUT2D eigenvalue weighted by Gasteiger charge is -2.29. The van der Waals surface area contributed by atoms with Crippen LogP contribution in [0.25, 0.3) is 0 Å². The highest BCUT2D eigenvalue weighted by atomic mass is 32.2. The molecule has 168 valence electrons. The predicted octanol–water partition coefficient (Wildman–Crippen LogP) is 3.15. The molecule has 2 aromatic rings. The van der Waals surface area contributed by atoms with E-state index in [4.69, 9.17) is 9.26 Å². The fraction of sp³-hybridized carbons (Fsp3) is 0.421. The van der Waals surface area contributed by atoms with Gasteiger partial charge in [0.2, 0.25) is 11.8 Å². The first-order chi connectivity index (χ1) is 14.7. The minimum absolute atomic E-state index is 0.0680. The number of alkyl halides is 3. The van der Waals surface area contributed by atoms with E-state index < -0.39 is 23.6 Å². The van der Waals surface area contributed by atoms with E-state index >= 15 is 0 Å². The van der Waals surface area contributed by atoms with E-state index in [9.17, 15) is 22.8 Å². The average Bonchev–Trinajstić information content (AvgIpc) is 3.12. The quantitative estimate of drug-likeness (QED) is 0.658. The Labute approximate surface area is 180 Å². The Morgan fingerprint density at radius 1 is 1.13 bits per heavy atom. The Bertz CT molecular complexity index is 929. The van der Waals surface area contributed by atoms with Crippen molar-refractivity contribution in [2.75, 3.05) is 53.3 Å². The fourth-order valence-electron chi connectivity index (χ4n) is 2.92. The van der Waals surface area contributed by atoms with Crippen molar-refractivity contribution >= 4 is 40.8 Å². The predicted molar refractivity (Wildman–Crippen MR) is 110 cm³/mol. The summed E-state index contributed by atoms with van der Waals surface area (Å²) < 4.78 is 50.7. The summed E-state index contributed by atoms with van der Waals surface area (Å²) in [5, 5.41) is 8.40. The van der Waals surface area contributed by atoms with Crippen LogP contribution in [0.3, 0.4) is 0 Å². The molecule has 1 aliphatic heterocycles. The monoisotopic (exact) mass is 458 g/mol. The Kier molecular flexibility index (Phi) is 7.44. The van der Waals surface area contributed by atoms with Crippen molar-refractivity contribution in [2.24, 2.45) is 0 Å². The molecule has 2 heterocycles. The molecule has 0 radical (unpaired) electrons. The second-order valence-electron chi connectivity index (χ2n) is 6.74. The molecule has 2 N–H and O–H groups in total. The number of ether oxygens (including phenoxy) is 1. The molecule has 12 heteroatoms. The first kappa shape index (κ1) is 22.9. The minimum Gasteiger partial charge on any atom is -0.378 e. The first-order valence-corrected chi connectivity index (χ1v) is 10.5. The molecule has 1 saturated heterocycles. The van der Waals surface area contributed by atoms with Crippen LogP contribution in [0.15, 0.2) is 28.8 Å². The van der Waals surface area contributed by atoms with Crippen LogP contribution >= 0.6 is 11.8 Å². The molecule has 1 fully saturated rings. The van der Waals surface area contributed by atoms with Crippen molar-refractivity contribution in [1.82, 2.24) is 5.16 Å². The number of amides is 2. The van der Waals surface area contributed by atoms with E-state index in [-0.39, 0.29) is 23.0 Å². The maximum absolute atomic E-state index is 13.5. The molecule has 3 rings (SSSR count). The van der Waals surface area contributed by atoms with Crippen molar-refractivity contribution in [2.45, 2.75) is 13.1 Å². The Morgan fingerprint density at radius 3 is 2.42 bits per heavy atom. The average molecular weight is 458 g/mol. The highest BCUT2D eigenvalue weighted by molar-refractivity contribution is 8.00. The molecule has 31 heavy (non-hydrogen) atoms. The lowest BCUT2D eigenvalue weighted by Crippen LogP contribution is -2.36. The number of benzene rings is 1. The summed E-state index contributed by atoms with van der Waals surface area (Å²) in [6.07, 6.45) is -4.63. The van der Waals surface area contributed by atoms with Gasteiger partial charge in [0.15, 0.2) is 5.82 Å². The van der Waals surface area contributed by atoms with E-state index in [1.54, 1.807) is 11.8 Å². The van der Waals surface area contributed by atoms with Gasteiger partial charge in [0.25, 0.3) is 0 Å². The summed E-state index contributed by atoms with van der Waals surface area (Å²) >= 11 is 0.968. The van der Waals surface area contributed by atoms with Crippen LogP contribution in [0.2, 0.25) is 0 Å². The number of hydrogen-bond donors (Lipinski definition) is 2. The molecule has 0 atom stereocenters. The van der Waals surface area contributed by atoms with Crippen LogP contribution in [-0.4, -0.2) is 54.8 Å². The summed E-state index contributed by atoms with van der Waals surface area (Å²) in [6, 6.07) is 5.35. The number of nitrogens with zero attached hydrogens (tertiary/aromatic N) is 2. The van der Waals surface area contributed by atoms with E-state index in [2.05, 4.69) is 15.8 Å². The smallest absolute Gasteiger partial charge is 0.378 e. The van der Waals surface area contributed by atoms with E-state index in [1.165, 1.54) is 18.2 Å². The van der Waals surface area contributed by atoms with Crippen LogP contribution in [0.4, 0.5) is 30.4 Å². The Morgan fingerprint density at radius 2 is 1.81 bits per heavy atom. The van der Waals surface area contributed by atoms with Gasteiger partial charge in [-0.05, 0) is 25.1 Å². The molecule has 2 amide bonds. The Hall–Kier alpha value is -2.73. The van der Waals surface area contributed by atoms with Crippen molar-refractivity contribution in [3.8, 4) is 0 Å². The van der Waals surface area contributed by atoms with Gasteiger partial charge in [-0.3, -0.25) is 9.59 Å². The minimum atomic E-state index is -4.63. The number of carbonyl (C=O) groups is 2. The van der Waals surface area contributed by atoms with Crippen LogP contribution in [0, 0.1) is 6.92 Å². The molecular formula is C19H21F3N4O4S. The Balaban J connectivity index is 1.56. The van der Waals surface area contributed by atoms with E-state index in [0.29, 0.717) is 37.8 Å². The normalized spacial score (nSPS) is 14.4. The summed E-state index contributed by atoms with van der Waals surface area (Å²) in [7, 11) is 0. The maximum Gasteiger partial charge on any atom is 0.418 e. The van der Waals surface area contributed by atoms with Gasteiger partial charge in [0.1, 0.15) is 5.76 Å². The zero-order valence-electron chi connectivity index (χ0n) is 16.6. The molecule has 1 aromatic heterocycles. The fourth-order valence-corrected chi connectivity index (χ4v) is 3.54. The lowest BCUT2D eigenvalue weighted by atomic mass is 10.1. The molecule has 0 bridgehead atoms. The highest BCUT2D eigenvalue weighted by Crippen LogP contribution is 2.37. The number of hydrogen-bond acceptors (Lipinski definition) is 7. The number of thioether (sulfide) groups is 1. The number of anilines is 3. The zero-order chi connectivity index (χ0) is 22.4. The molecule has 1 aliphatic rings. The lowest BCUT2D eigenvalue weighted by molar-refractivity contribution is -0.137. The number of aromatic nitrogens is 1. The zero-order valence-corrected chi connectivity index (χ0v) is 17.4. The molecular weight excluding hydrogens is 437 g/mol. The van der Waals surface area contributed by atoms with Crippen LogP contribution in [-0.2, 0) is 20.5 Å². The number of carbonyl (C=O) groups excluding carboxylic acids is 2.